The molecule has 0 radical (unpaired) electrons. The van der Waals surface area contributed by atoms with E-state index in [1.54, 1.807) is 12.1 Å². The summed E-state index contributed by atoms with van der Waals surface area (Å²) in [5.41, 5.74) is 0.321. The van der Waals surface area contributed by atoms with E-state index in [-0.39, 0.29) is 19.0 Å². The van der Waals surface area contributed by atoms with Crippen LogP contribution in [0.25, 0.3) is 0 Å². The first kappa shape index (κ1) is 9.40. The Morgan fingerprint density at radius 2 is 2.46 bits per heavy atom. The Morgan fingerprint density at radius 1 is 1.69 bits per heavy atom. The summed E-state index contributed by atoms with van der Waals surface area (Å²) in [7, 11) is 0. The van der Waals surface area contributed by atoms with Gasteiger partial charge in [-0.25, -0.2) is 0 Å². The van der Waals surface area contributed by atoms with Gasteiger partial charge in [0.2, 0.25) is 0 Å². The summed E-state index contributed by atoms with van der Waals surface area (Å²) in [6.07, 6.45) is 1.35. The number of hydrogen-bond acceptors (Lipinski definition) is 5. The highest BCUT2D eigenvalue weighted by Crippen LogP contribution is 2.19. The monoisotopic (exact) mass is 183 g/mol. The standard InChI is InChI=1S/C7H9N3O3/c11-5-4-8-6-2-1-3-9-7(6)10(12)13/h1-3,8,11H,4-5H2. The molecule has 70 valence electrons. The fourth-order valence-electron chi connectivity index (χ4n) is 0.871. The third-order valence-corrected chi connectivity index (χ3v) is 1.39. The summed E-state index contributed by atoms with van der Waals surface area (Å²) >= 11 is 0. The third kappa shape index (κ3) is 2.38. The van der Waals surface area contributed by atoms with Crippen LogP contribution in [0.4, 0.5) is 11.5 Å². The maximum Gasteiger partial charge on any atom is 0.386 e. The Hall–Kier alpha value is -1.69. The van der Waals surface area contributed by atoms with Crippen molar-refractivity contribution in [2.24, 2.45) is 0 Å². The number of nitrogens with zero attached hydrogens (tertiary/aromatic N) is 2. The van der Waals surface area contributed by atoms with Crippen molar-refractivity contribution >= 4 is 11.5 Å². The number of aliphatic hydroxyl groups excluding tert-OH is 1. The Morgan fingerprint density at radius 3 is 3.08 bits per heavy atom. The molecule has 1 heterocycles. The van der Waals surface area contributed by atoms with E-state index < -0.39 is 4.92 Å². The van der Waals surface area contributed by atoms with Gasteiger partial charge in [0.05, 0.1) is 6.61 Å². The van der Waals surface area contributed by atoms with E-state index in [1.807, 2.05) is 0 Å². The molecule has 0 spiro atoms. The Kier molecular flexibility index (Phi) is 3.15. The highest BCUT2D eigenvalue weighted by atomic mass is 16.6. The molecule has 0 saturated carbocycles. The second-order valence-electron chi connectivity index (χ2n) is 2.28. The zero-order chi connectivity index (χ0) is 9.68. The van der Waals surface area contributed by atoms with E-state index in [1.165, 1.54) is 6.20 Å². The van der Waals surface area contributed by atoms with Crippen LogP contribution in [0.2, 0.25) is 0 Å². The van der Waals surface area contributed by atoms with Gasteiger partial charge < -0.3 is 20.5 Å². The zero-order valence-corrected chi connectivity index (χ0v) is 6.80. The van der Waals surface area contributed by atoms with Crippen molar-refractivity contribution in [2.45, 2.75) is 0 Å². The van der Waals surface area contributed by atoms with E-state index in [4.69, 9.17) is 5.11 Å². The Bertz CT molecular complexity index is 303. The lowest BCUT2D eigenvalue weighted by Gasteiger charge is -2.03. The molecule has 0 fully saturated rings. The van der Waals surface area contributed by atoms with Gasteiger partial charge in [0.1, 0.15) is 11.9 Å². The van der Waals surface area contributed by atoms with E-state index in [9.17, 15) is 10.1 Å². The lowest BCUT2D eigenvalue weighted by molar-refractivity contribution is -0.388. The second kappa shape index (κ2) is 4.36. The largest absolute Gasteiger partial charge is 0.395 e. The first-order valence-corrected chi connectivity index (χ1v) is 3.70. The number of nitro groups is 1. The SMILES string of the molecule is O=[N+]([O-])c1ncccc1NCCO. The molecule has 13 heavy (non-hydrogen) atoms. The molecule has 0 saturated heterocycles. The summed E-state index contributed by atoms with van der Waals surface area (Å²) in [6.45, 7) is 0.193. The normalized spacial score (nSPS) is 9.62. The van der Waals surface area contributed by atoms with Gasteiger partial charge in [-0.1, -0.05) is 0 Å². The molecular formula is C7H9N3O3. The van der Waals surface area contributed by atoms with Gasteiger partial charge >= 0.3 is 5.82 Å². The van der Waals surface area contributed by atoms with Crippen LogP contribution < -0.4 is 5.32 Å². The van der Waals surface area contributed by atoms with Gasteiger partial charge in [-0.05, 0) is 22.0 Å². The number of hydrogen-bond donors (Lipinski definition) is 2. The zero-order valence-electron chi connectivity index (χ0n) is 6.80. The Balaban J connectivity index is 2.84. The van der Waals surface area contributed by atoms with Crippen molar-refractivity contribution in [3.63, 3.8) is 0 Å². The maximum atomic E-state index is 10.4. The summed E-state index contributed by atoms with van der Waals surface area (Å²) in [6, 6.07) is 3.13. The van der Waals surface area contributed by atoms with Crippen molar-refractivity contribution in [1.29, 1.82) is 0 Å². The molecular weight excluding hydrogens is 174 g/mol. The fourth-order valence-corrected chi connectivity index (χ4v) is 0.871. The predicted octanol–water partition coefficient (Wildman–Crippen LogP) is 0.394. The van der Waals surface area contributed by atoms with Gasteiger partial charge in [0.15, 0.2) is 0 Å². The minimum atomic E-state index is -0.570. The summed E-state index contributed by atoms with van der Waals surface area (Å²) in [4.78, 5) is 13.4. The molecule has 0 unspecified atom stereocenters. The van der Waals surface area contributed by atoms with Crippen LogP contribution in [0.3, 0.4) is 0 Å². The molecule has 6 nitrogen and oxygen atoms in total. The molecule has 1 rings (SSSR count). The average Bonchev–Trinajstić information content (AvgIpc) is 2.15. The summed E-state index contributed by atoms with van der Waals surface area (Å²) in [5, 5.41) is 21.6. The number of aromatic nitrogens is 1. The maximum absolute atomic E-state index is 10.4. The van der Waals surface area contributed by atoms with Gasteiger partial charge in [0.25, 0.3) is 0 Å². The number of anilines is 1. The smallest absolute Gasteiger partial charge is 0.386 e. The van der Waals surface area contributed by atoms with Gasteiger partial charge in [-0.2, -0.15) is 0 Å². The van der Waals surface area contributed by atoms with Crippen molar-refractivity contribution < 1.29 is 10.0 Å². The van der Waals surface area contributed by atoms with Crippen LogP contribution in [0.1, 0.15) is 0 Å². The molecule has 0 aliphatic carbocycles. The first-order chi connectivity index (χ1) is 6.25. The summed E-state index contributed by atoms with van der Waals surface area (Å²) < 4.78 is 0. The van der Waals surface area contributed by atoms with Crippen molar-refractivity contribution in [1.82, 2.24) is 4.98 Å². The summed E-state index contributed by atoms with van der Waals surface area (Å²) in [5.74, 6) is -0.226. The van der Waals surface area contributed by atoms with Gasteiger partial charge in [-0.15, -0.1) is 0 Å². The lowest BCUT2D eigenvalue weighted by atomic mass is 10.4. The lowest BCUT2D eigenvalue weighted by Crippen LogP contribution is -2.08. The van der Waals surface area contributed by atoms with Crippen molar-refractivity contribution in [2.75, 3.05) is 18.5 Å². The minimum Gasteiger partial charge on any atom is -0.395 e. The average molecular weight is 183 g/mol. The van der Waals surface area contributed by atoms with Crippen molar-refractivity contribution in [3.8, 4) is 0 Å². The number of rotatable bonds is 4. The molecule has 0 atom stereocenters. The molecule has 0 bridgehead atoms. The van der Waals surface area contributed by atoms with Crippen LogP contribution >= 0.6 is 0 Å². The molecule has 1 aromatic rings. The second-order valence-corrected chi connectivity index (χ2v) is 2.28. The number of pyridine rings is 1. The molecule has 0 aliphatic heterocycles. The van der Waals surface area contributed by atoms with Crippen LogP contribution in [0, 0.1) is 10.1 Å². The topological polar surface area (TPSA) is 88.3 Å². The molecule has 2 N–H and O–H groups in total. The fraction of sp³-hybridized carbons (Fsp3) is 0.286. The van der Waals surface area contributed by atoms with E-state index in [2.05, 4.69) is 10.3 Å². The number of nitrogens with one attached hydrogen (secondary N) is 1. The van der Waals surface area contributed by atoms with Crippen LogP contribution in [0.5, 0.6) is 0 Å². The third-order valence-electron chi connectivity index (χ3n) is 1.39. The molecule has 1 aromatic heterocycles. The first-order valence-electron chi connectivity index (χ1n) is 3.70. The Labute approximate surface area is 74.4 Å². The number of aliphatic hydroxyl groups is 1. The molecule has 6 heteroatoms. The quantitative estimate of drug-likeness (QED) is 0.520. The predicted molar refractivity (Wildman–Crippen MR) is 46.5 cm³/mol. The van der Waals surface area contributed by atoms with Crippen LogP contribution in [-0.4, -0.2) is 28.2 Å². The molecule has 0 aromatic carbocycles. The van der Waals surface area contributed by atoms with Crippen LogP contribution in [-0.2, 0) is 0 Å². The molecule has 0 amide bonds. The minimum absolute atomic E-state index is 0.0773. The van der Waals surface area contributed by atoms with E-state index in [0.29, 0.717) is 5.69 Å². The van der Waals surface area contributed by atoms with E-state index in [0.717, 1.165) is 0 Å². The van der Waals surface area contributed by atoms with E-state index >= 15 is 0 Å². The highest BCUT2D eigenvalue weighted by molar-refractivity contribution is 5.56. The molecule has 0 aliphatic rings. The van der Waals surface area contributed by atoms with Gasteiger partial charge in [-0.3, -0.25) is 0 Å². The van der Waals surface area contributed by atoms with Crippen molar-refractivity contribution in [3.05, 3.63) is 28.4 Å². The van der Waals surface area contributed by atoms with Crippen LogP contribution in [0.15, 0.2) is 18.3 Å². The highest BCUT2D eigenvalue weighted by Gasteiger charge is 2.12. The van der Waals surface area contributed by atoms with Gasteiger partial charge in [0, 0.05) is 6.54 Å².